The molecule has 0 saturated carbocycles. The predicted octanol–water partition coefficient (Wildman–Crippen LogP) is 1.18. The highest BCUT2D eigenvalue weighted by Crippen LogP contribution is 2.21. The van der Waals surface area contributed by atoms with Crippen LogP contribution in [0.25, 0.3) is 10.8 Å². The maximum atomic E-state index is 13.2. The van der Waals surface area contributed by atoms with E-state index in [2.05, 4.69) is 10.0 Å². The van der Waals surface area contributed by atoms with Crippen molar-refractivity contribution in [1.29, 1.82) is 5.41 Å². The fourth-order valence-corrected chi connectivity index (χ4v) is 5.62. The standard InChI is InChI=1S/C26H29N5O5S/c27-24(28)18-7-9-19(10-8-18)25(33)29-15-21-6-3-13-31(21)26(34)23(16-32)30-37(35,36)22-12-11-17-4-1-2-5-20(17)14-22/h1-2,4-5,7-12,14,21,23,30,32H,3,6,13,15-16H2,(H3,27,28)(H,29,33)/t21-,23-/m0/s1. The van der Waals surface area contributed by atoms with E-state index >= 15 is 0 Å². The second-order valence-corrected chi connectivity index (χ2v) is 10.6. The summed E-state index contributed by atoms with van der Waals surface area (Å²) in [4.78, 5) is 27.3. The molecule has 37 heavy (non-hydrogen) atoms. The quantitative estimate of drug-likeness (QED) is 0.209. The van der Waals surface area contributed by atoms with Crippen molar-refractivity contribution in [1.82, 2.24) is 14.9 Å². The van der Waals surface area contributed by atoms with Crippen molar-refractivity contribution in [2.75, 3.05) is 19.7 Å². The summed E-state index contributed by atoms with van der Waals surface area (Å²) in [6.07, 6.45) is 1.32. The Morgan fingerprint density at radius 1 is 1.05 bits per heavy atom. The summed E-state index contributed by atoms with van der Waals surface area (Å²) in [6, 6.07) is 16.6. The Labute approximate surface area is 215 Å². The molecule has 2 amide bonds. The zero-order chi connectivity index (χ0) is 26.6. The normalized spacial score (nSPS) is 16.5. The van der Waals surface area contributed by atoms with Crippen LogP contribution >= 0.6 is 0 Å². The second kappa shape index (κ2) is 11.1. The number of nitrogens with zero attached hydrogens (tertiary/aromatic N) is 1. The van der Waals surface area contributed by atoms with Crippen LogP contribution in [0, 0.1) is 5.41 Å². The fraction of sp³-hybridized carbons (Fsp3) is 0.269. The van der Waals surface area contributed by atoms with Gasteiger partial charge in [0.05, 0.1) is 11.5 Å². The molecule has 0 bridgehead atoms. The van der Waals surface area contributed by atoms with Crippen LogP contribution in [-0.2, 0) is 14.8 Å². The van der Waals surface area contributed by atoms with Crippen LogP contribution in [0.5, 0.6) is 0 Å². The number of nitrogens with one attached hydrogen (secondary N) is 3. The molecule has 1 fully saturated rings. The van der Waals surface area contributed by atoms with Gasteiger partial charge in [0.1, 0.15) is 11.9 Å². The number of hydrogen-bond donors (Lipinski definition) is 5. The van der Waals surface area contributed by atoms with Gasteiger partial charge in [-0.1, -0.05) is 42.5 Å². The summed E-state index contributed by atoms with van der Waals surface area (Å²) < 4.78 is 28.4. The first-order chi connectivity index (χ1) is 17.7. The van der Waals surface area contributed by atoms with Crippen LogP contribution in [0.4, 0.5) is 0 Å². The number of hydrogen-bond acceptors (Lipinski definition) is 6. The van der Waals surface area contributed by atoms with Gasteiger partial charge in [0.15, 0.2) is 0 Å². The number of aliphatic hydroxyl groups excluding tert-OH is 1. The summed E-state index contributed by atoms with van der Waals surface area (Å²) in [7, 11) is -4.08. The predicted molar refractivity (Wildman–Crippen MR) is 140 cm³/mol. The van der Waals surface area contributed by atoms with Crippen LogP contribution < -0.4 is 15.8 Å². The van der Waals surface area contributed by atoms with Crippen molar-refractivity contribution in [3.8, 4) is 0 Å². The van der Waals surface area contributed by atoms with E-state index in [1.165, 1.54) is 17.0 Å². The lowest BCUT2D eigenvalue weighted by molar-refractivity contribution is -0.134. The maximum absolute atomic E-state index is 13.2. The SMILES string of the molecule is N=C(N)c1ccc(C(=O)NC[C@@H]2CCCN2C(=O)[C@H](CO)NS(=O)(=O)c2ccc3ccccc3c2)cc1. The van der Waals surface area contributed by atoms with Crippen molar-refractivity contribution < 1.29 is 23.1 Å². The van der Waals surface area contributed by atoms with Gasteiger partial charge in [0.25, 0.3) is 5.91 Å². The van der Waals surface area contributed by atoms with Crippen LogP contribution in [0.15, 0.2) is 71.6 Å². The molecule has 1 saturated heterocycles. The zero-order valence-electron chi connectivity index (χ0n) is 20.1. The molecule has 0 aliphatic carbocycles. The minimum atomic E-state index is -4.08. The van der Waals surface area contributed by atoms with E-state index in [9.17, 15) is 23.1 Å². The average Bonchev–Trinajstić information content (AvgIpc) is 3.38. The van der Waals surface area contributed by atoms with E-state index in [-0.39, 0.29) is 29.2 Å². The number of nitrogen functional groups attached to an aromatic ring is 1. The van der Waals surface area contributed by atoms with E-state index in [1.54, 1.807) is 42.5 Å². The number of carbonyl (C=O) groups excluding carboxylic acids is 2. The third kappa shape index (κ3) is 5.96. The largest absolute Gasteiger partial charge is 0.394 e. The van der Waals surface area contributed by atoms with Gasteiger partial charge < -0.3 is 21.1 Å². The molecule has 0 spiro atoms. The van der Waals surface area contributed by atoms with E-state index in [0.717, 1.165) is 10.8 Å². The molecule has 0 radical (unpaired) electrons. The van der Waals surface area contributed by atoms with Gasteiger partial charge in [-0.3, -0.25) is 15.0 Å². The molecule has 11 heteroatoms. The molecule has 3 aromatic rings. The van der Waals surface area contributed by atoms with Crippen LogP contribution in [-0.4, -0.2) is 67.9 Å². The van der Waals surface area contributed by atoms with E-state index in [0.29, 0.717) is 30.5 Å². The van der Waals surface area contributed by atoms with Crippen molar-refractivity contribution in [2.24, 2.45) is 5.73 Å². The van der Waals surface area contributed by atoms with E-state index in [4.69, 9.17) is 11.1 Å². The van der Waals surface area contributed by atoms with Gasteiger partial charge >= 0.3 is 0 Å². The average molecular weight is 524 g/mol. The van der Waals surface area contributed by atoms with Crippen LogP contribution in [0.3, 0.4) is 0 Å². The first-order valence-electron chi connectivity index (χ1n) is 11.8. The lowest BCUT2D eigenvalue weighted by Crippen LogP contribution is -2.53. The number of amidine groups is 1. The van der Waals surface area contributed by atoms with Gasteiger partial charge in [-0.2, -0.15) is 4.72 Å². The van der Waals surface area contributed by atoms with Crippen LogP contribution in [0.2, 0.25) is 0 Å². The van der Waals surface area contributed by atoms with Crippen molar-refractivity contribution in [3.63, 3.8) is 0 Å². The molecule has 194 valence electrons. The Hall–Kier alpha value is -3.80. The third-order valence-corrected chi connectivity index (χ3v) is 7.90. The highest BCUT2D eigenvalue weighted by Gasteiger charge is 2.35. The van der Waals surface area contributed by atoms with Gasteiger partial charge in [-0.25, -0.2) is 8.42 Å². The Morgan fingerprint density at radius 3 is 2.41 bits per heavy atom. The lowest BCUT2D eigenvalue weighted by Gasteiger charge is -2.28. The molecule has 4 rings (SSSR count). The van der Waals surface area contributed by atoms with Crippen molar-refractivity contribution >= 4 is 38.4 Å². The summed E-state index contributed by atoms with van der Waals surface area (Å²) >= 11 is 0. The molecule has 0 unspecified atom stereocenters. The summed E-state index contributed by atoms with van der Waals surface area (Å²) in [6.45, 7) is -0.140. The molecule has 3 aromatic carbocycles. The Morgan fingerprint density at radius 2 is 1.73 bits per heavy atom. The minimum absolute atomic E-state index is 0.00141. The Balaban J connectivity index is 1.41. The number of amides is 2. The number of rotatable bonds is 9. The highest BCUT2D eigenvalue weighted by molar-refractivity contribution is 7.89. The van der Waals surface area contributed by atoms with Gasteiger partial charge in [0.2, 0.25) is 15.9 Å². The topological polar surface area (TPSA) is 166 Å². The molecule has 1 aliphatic heterocycles. The number of fused-ring (bicyclic) bond motifs is 1. The molecule has 0 aromatic heterocycles. The van der Waals surface area contributed by atoms with Crippen LogP contribution in [0.1, 0.15) is 28.8 Å². The number of likely N-dealkylation sites (tertiary alicyclic amines) is 1. The monoisotopic (exact) mass is 523 g/mol. The molecular weight excluding hydrogens is 494 g/mol. The summed E-state index contributed by atoms with van der Waals surface area (Å²) in [5.74, 6) is -0.985. The van der Waals surface area contributed by atoms with Crippen molar-refractivity contribution in [2.45, 2.75) is 29.8 Å². The number of nitrogens with two attached hydrogens (primary N) is 1. The fourth-order valence-electron chi connectivity index (χ4n) is 4.41. The first-order valence-corrected chi connectivity index (χ1v) is 13.3. The minimum Gasteiger partial charge on any atom is -0.394 e. The van der Waals surface area contributed by atoms with E-state index in [1.807, 2.05) is 12.1 Å². The maximum Gasteiger partial charge on any atom is 0.251 e. The summed E-state index contributed by atoms with van der Waals surface area (Å²) in [5.41, 5.74) is 6.33. The molecular formula is C26H29N5O5S. The molecule has 1 heterocycles. The van der Waals surface area contributed by atoms with Crippen molar-refractivity contribution in [3.05, 3.63) is 77.9 Å². The van der Waals surface area contributed by atoms with Gasteiger partial charge in [-0.15, -0.1) is 0 Å². The second-order valence-electron chi connectivity index (χ2n) is 8.89. The van der Waals surface area contributed by atoms with Gasteiger partial charge in [0, 0.05) is 30.3 Å². The smallest absolute Gasteiger partial charge is 0.251 e. The number of sulfonamides is 1. The molecule has 6 N–H and O–H groups in total. The first kappa shape index (κ1) is 26.3. The number of carbonyl (C=O) groups is 2. The lowest BCUT2D eigenvalue weighted by atomic mass is 10.1. The highest BCUT2D eigenvalue weighted by atomic mass is 32.2. The molecule has 2 atom stereocenters. The number of benzene rings is 3. The van der Waals surface area contributed by atoms with Gasteiger partial charge in [-0.05, 0) is 47.9 Å². The van der Waals surface area contributed by atoms with E-state index < -0.39 is 28.6 Å². The molecule has 10 nitrogen and oxygen atoms in total. The Kier molecular flexibility index (Phi) is 7.86. The summed E-state index contributed by atoms with van der Waals surface area (Å²) in [5, 5.41) is 21.7. The third-order valence-electron chi connectivity index (χ3n) is 6.43. The zero-order valence-corrected chi connectivity index (χ0v) is 20.9. The Bertz CT molecular complexity index is 1420. The molecule has 1 aliphatic rings. The number of aliphatic hydroxyl groups is 1.